The maximum atomic E-state index is 12.7. The monoisotopic (exact) mass is 365 g/mol. The molecule has 1 aromatic carbocycles. The second-order valence-corrected chi connectivity index (χ2v) is 8.90. The van der Waals surface area contributed by atoms with E-state index < -0.39 is 10.0 Å². The van der Waals surface area contributed by atoms with Gasteiger partial charge in [0.25, 0.3) is 5.91 Å². The number of likely N-dealkylation sites (tertiary alicyclic amines) is 1. The minimum absolute atomic E-state index is 0.0334. The van der Waals surface area contributed by atoms with E-state index in [0.717, 1.165) is 13.1 Å². The summed E-state index contributed by atoms with van der Waals surface area (Å²) in [5.74, 6) is 0.571. The molecule has 0 bridgehead atoms. The van der Waals surface area contributed by atoms with Crippen molar-refractivity contribution < 1.29 is 13.2 Å². The van der Waals surface area contributed by atoms with Gasteiger partial charge in [0.1, 0.15) is 0 Å². The van der Waals surface area contributed by atoms with Crippen molar-refractivity contribution in [3.8, 4) is 0 Å². The topological polar surface area (TPSA) is 78.5 Å². The van der Waals surface area contributed by atoms with Crippen molar-refractivity contribution in [3.05, 3.63) is 35.4 Å². The SMILES string of the molecule is CS(=O)(=O)NC1CCN(C(=O)c2ccc([C@@H]3CCCNC3)cc2)CC1. The smallest absolute Gasteiger partial charge is 0.253 e. The molecule has 138 valence electrons. The molecule has 0 aliphatic carbocycles. The van der Waals surface area contributed by atoms with Crippen LogP contribution in [0.3, 0.4) is 0 Å². The Bertz CT molecular complexity index is 689. The van der Waals surface area contributed by atoms with E-state index in [0.29, 0.717) is 37.4 Å². The van der Waals surface area contributed by atoms with Gasteiger partial charge in [0.05, 0.1) is 6.26 Å². The van der Waals surface area contributed by atoms with Crippen LogP contribution in [-0.4, -0.2) is 57.7 Å². The minimum Gasteiger partial charge on any atom is -0.339 e. The molecule has 0 unspecified atom stereocenters. The van der Waals surface area contributed by atoms with Gasteiger partial charge < -0.3 is 10.2 Å². The number of benzene rings is 1. The number of rotatable bonds is 4. The molecule has 1 aromatic rings. The van der Waals surface area contributed by atoms with Crippen molar-refractivity contribution >= 4 is 15.9 Å². The lowest BCUT2D eigenvalue weighted by molar-refractivity contribution is 0.0711. The molecule has 0 radical (unpaired) electrons. The van der Waals surface area contributed by atoms with Crippen molar-refractivity contribution in [1.82, 2.24) is 14.9 Å². The van der Waals surface area contributed by atoms with E-state index >= 15 is 0 Å². The summed E-state index contributed by atoms with van der Waals surface area (Å²) in [5, 5.41) is 3.42. The zero-order valence-corrected chi connectivity index (χ0v) is 15.5. The normalized spacial score (nSPS) is 22.8. The quantitative estimate of drug-likeness (QED) is 0.843. The minimum atomic E-state index is -3.19. The molecule has 0 spiro atoms. The van der Waals surface area contributed by atoms with Gasteiger partial charge in [-0.2, -0.15) is 0 Å². The van der Waals surface area contributed by atoms with Crippen molar-refractivity contribution in [2.45, 2.75) is 37.6 Å². The van der Waals surface area contributed by atoms with E-state index in [1.165, 1.54) is 24.7 Å². The van der Waals surface area contributed by atoms with Crippen molar-refractivity contribution in [1.29, 1.82) is 0 Å². The highest BCUT2D eigenvalue weighted by atomic mass is 32.2. The van der Waals surface area contributed by atoms with Gasteiger partial charge in [-0.15, -0.1) is 0 Å². The molecule has 2 saturated heterocycles. The number of hydrogen-bond acceptors (Lipinski definition) is 4. The number of sulfonamides is 1. The fraction of sp³-hybridized carbons (Fsp3) is 0.611. The van der Waals surface area contributed by atoms with E-state index in [4.69, 9.17) is 0 Å². The summed E-state index contributed by atoms with van der Waals surface area (Å²) in [4.78, 5) is 14.5. The Morgan fingerprint density at radius 2 is 1.84 bits per heavy atom. The molecule has 2 N–H and O–H groups in total. The lowest BCUT2D eigenvalue weighted by atomic mass is 9.91. The summed E-state index contributed by atoms with van der Waals surface area (Å²) in [7, 11) is -3.19. The molecular formula is C18H27N3O3S. The predicted octanol–water partition coefficient (Wildman–Crippen LogP) is 1.31. The molecule has 2 aliphatic heterocycles. The molecule has 0 saturated carbocycles. The van der Waals surface area contributed by atoms with Crippen LogP contribution < -0.4 is 10.0 Å². The lowest BCUT2D eigenvalue weighted by Crippen LogP contribution is -2.46. The second kappa shape index (κ2) is 7.85. The Morgan fingerprint density at radius 3 is 2.40 bits per heavy atom. The van der Waals surface area contributed by atoms with Crippen LogP contribution in [0.2, 0.25) is 0 Å². The number of nitrogens with zero attached hydrogens (tertiary/aromatic N) is 1. The summed E-state index contributed by atoms with van der Waals surface area (Å²) >= 11 is 0. The van der Waals surface area contributed by atoms with Crippen LogP contribution in [0.5, 0.6) is 0 Å². The molecular weight excluding hydrogens is 338 g/mol. The van der Waals surface area contributed by atoms with Crippen LogP contribution in [0, 0.1) is 0 Å². The summed E-state index contributed by atoms with van der Waals surface area (Å²) in [6.07, 6.45) is 4.88. The number of piperidine rings is 2. The maximum absolute atomic E-state index is 12.7. The zero-order valence-electron chi connectivity index (χ0n) is 14.7. The Labute approximate surface area is 150 Å². The lowest BCUT2D eigenvalue weighted by Gasteiger charge is -2.32. The Balaban J connectivity index is 1.56. The van der Waals surface area contributed by atoms with Gasteiger partial charge in [-0.25, -0.2) is 13.1 Å². The standard InChI is InChI=1S/C18H27N3O3S/c1-25(23,24)20-17-8-11-21(12-9-17)18(22)15-6-4-14(5-7-15)16-3-2-10-19-13-16/h4-7,16-17,19-20H,2-3,8-13H2,1H3/t16-/m1/s1. The Kier molecular flexibility index (Phi) is 5.76. The maximum Gasteiger partial charge on any atom is 0.253 e. The fourth-order valence-electron chi connectivity index (χ4n) is 3.72. The third kappa shape index (κ3) is 5.03. The van der Waals surface area contributed by atoms with Gasteiger partial charge in [-0.3, -0.25) is 4.79 Å². The third-order valence-electron chi connectivity index (χ3n) is 5.09. The van der Waals surface area contributed by atoms with Gasteiger partial charge in [0.15, 0.2) is 0 Å². The van der Waals surface area contributed by atoms with Crippen LogP contribution in [-0.2, 0) is 10.0 Å². The van der Waals surface area contributed by atoms with Crippen molar-refractivity contribution in [3.63, 3.8) is 0 Å². The Morgan fingerprint density at radius 1 is 1.16 bits per heavy atom. The highest BCUT2D eigenvalue weighted by Gasteiger charge is 2.25. The van der Waals surface area contributed by atoms with E-state index in [1.54, 1.807) is 0 Å². The Hall–Kier alpha value is -1.44. The summed E-state index contributed by atoms with van der Waals surface area (Å²) < 4.78 is 25.2. The highest BCUT2D eigenvalue weighted by Crippen LogP contribution is 2.24. The third-order valence-corrected chi connectivity index (χ3v) is 5.85. The molecule has 25 heavy (non-hydrogen) atoms. The first kappa shape index (κ1) is 18.4. The van der Waals surface area contributed by atoms with E-state index in [9.17, 15) is 13.2 Å². The first-order chi connectivity index (χ1) is 11.9. The van der Waals surface area contributed by atoms with E-state index in [1.807, 2.05) is 17.0 Å². The summed E-state index contributed by atoms with van der Waals surface area (Å²) in [5.41, 5.74) is 2.00. The van der Waals surface area contributed by atoms with Crippen molar-refractivity contribution in [2.24, 2.45) is 0 Å². The molecule has 1 amide bonds. The first-order valence-corrected chi connectivity index (χ1v) is 10.9. The number of carbonyl (C=O) groups is 1. The molecule has 6 nitrogen and oxygen atoms in total. The highest BCUT2D eigenvalue weighted by molar-refractivity contribution is 7.88. The van der Waals surface area contributed by atoms with Gasteiger partial charge in [0, 0.05) is 31.2 Å². The zero-order chi connectivity index (χ0) is 17.9. The molecule has 3 rings (SSSR count). The van der Waals surface area contributed by atoms with Gasteiger partial charge in [-0.05, 0) is 55.8 Å². The van der Waals surface area contributed by atoms with Crippen LogP contribution in [0.15, 0.2) is 24.3 Å². The molecule has 0 aromatic heterocycles. The first-order valence-electron chi connectivity index (χ1n) is 8.99. The number of nitrogens with one attached hydrogen (secondary N) is 2. The van der Waals surface area contributed by atoms with Gasteiger partial charge in [0.2, 0.25) is 10.0 Å². The van der Waals surface area contributed by atoms with Gasteiger partial charge >= 0.3 is 0 Å². The molecule has 1 atom stereocenters. The van der Waals surface area contributed by atoms with Gasteiger partial charge in [-0.1, -0.05) is 12.1 Å². The average molecular weight is 365 g/mol. The van der Waals surface area contributed by atoms with Crippen LogP contribution in [0.4, 0.5) is 0 Å². The molecule has 2 aliphatic rings. The predicted molar refractivity (Wildman–Crippen MR) is 98.2 cm³/mol. The van der Waals surface area contributed by atoms with Crippen LogP contribution in [0.25, 0.3) is 0 Å². The largest absolute Gasteiger partial charge is 0.339 e. The van der Waals surface area contributed by atoms with Crippen LogP contribution in [0.1, 0.15) is 47.5 Å². The number of carbonyl (C=O) groups excluding carboxylic acids is 1. The summed E-state index contributed by atoms with van der Waals surface area (Å²) in [6, 6.07) is 7.92. The van der Waals surface area contributed by atoms with E-state index in [2.05, 4.69) is 22.2 Å². The molecule has 2 fully saturated rings. The average Bonchev–Trinajstić information content (AvgIpc) is 2.61. The number of hydrogen-bond donors (Lipinski definition) is 2. The summed E-state index contributed by atoms with van der Waals surface area (Å²) in [6.45, 7) is 3.27. The second-order valence-electron chi connectivity index (χ2n) is 7.12. The molecule has 7 heteroatoms. The van der Waals surface area contributed by atoms with Crippen molar-refractivity contribution in [2.75, 3.05) is 32.4 Å². The number of amides is 1. The molecule has 2 heterocycles. The van der Waals surface area contributed by atoms with Crippen LogP contribution >= 0.6 is 0 Å². The fourth-order valence-corrected chi connectivity index (χ4v) is 4.56. The van der Waals surface area contributed by atoms with E-state index in [-0.39, 0.29) is 11.9 Å².